The molecule has 0 amide bonds. The molecular formula is C8H18N2. The fourth-order valence-corrected chi connectivity index (χ4v) is 1.45. The zero-order chi connectivity index (χ0) is 7.45. The van der Waals surface area contributed by atoms with Gasteiger partial charge in [-0.25, -0.2) is 0 Å². The molecule has 0 bridgehead atoms. The Kier molecular flexibility index (Phi) is 2.69. The highest BCUT2D eigenvalue weighted by Gasteiger charge is 2.34. The van der Waals surface area contributed by atoms with Crippen molar-refractivity contribution in [3.8, 4) is 0 Å². The molecule has 0 saturated heterocycles. The lowest BCUT2D eigenvalue weighted by Gasteiger charge is -2.42. The van der Waals surface area contributed by atoms with Crippen molar-refractivity contribution in [2.75, 3.05) is 13.1 Å². The molecule has 0 aliphatic heterocycles. The predicted molar refractivity (Wildman–Crippen MR) is 43.9 cm³/mol. The Morgan fingerprint density at radius 2 is 2.20 bits per heavy atom. The maximum absolute atomic E-state index is 5.65. The van der Waals surface area contributed by atoms with Gasteiger partial charge < -0.3 is 11.1 Å². The lowest BCUT2D eigenvalue weighted by Crippen LogP contribution is -2.56. The van der Waals surface area contributed by atoms with Crippen LogP contribution in [0.4, 0.5) is 0 Å². The Hall–Kier alpha value is -0.0800. The molecule has 0 aromatic heterocycles. The van der Waals surface area contributed by atoms with Gasteiger partial charge in [0.25, 0.3) is 0 Å². The summed E-state index contributed by atoms with van der Waals surface area (Å²) in [5, 5.41) is 3.51. The Morgan fingerprint density at radius 1 is 1.50 bits per heavy atom. The van der Waals surface area contributed by atoms with Gasteiger partial charge in [0, 0.05) is 12.1 Å². The molecule has 10 heavy (non-hydrogen) atoms. The number of rotatable bonds is 4. The van der Waals surface area contributed by atoms with E-state index in [4.69, 9.17) is 5.73 Å². The van der Waals surface area contributed by atoms with Crippen LogP contribution in [0.15, 0.2) is 0 Å². The van der Waals surface area contributed by atoms with Crippen molar-refractivity contribution in [1.82, 2.24) is 5.32 Å². The zero-order valence-electron chi connectivity index (χ0n) is 6.82. The normalized spacial score (nSPS) is 22.2. The van der Waals surface area contributed by atoms with Gasteiger partial charge >= 0.3 is 0 Å². The fourth-order valence-electron chi connectivity index (χ4n) is 1.45. The molecule has 0 aromatic rings. The largest absolute Gasteiger partial charge is 0.329 e. The summed E-state index contributed by atoms with van der Waals surface area (Å²) in [5.41, 5.74) is 5.99. The lowest BCUT2D eigenvalue weighted by molar-refractivity contribution is 0.194. The molecule has 60 valence electrons. The van der Waals surface area contributed by atoms with Crippen LogP contribution in [0.5, 0.6) is 0 Å². The van der Waals surface area contributed by atoms with Gasteiger partial charge in [0.2, 0.25) is 0 Å². The predicted octanol–water partition coefficient (Wildman–Crippen LogP) is 0.867. The van der Waals surface area contributed by atoms with E-state index in [9.17, 15) is 0 Å². The van der Waals surface area contributed by atoms with E-state index >= 15 is 0 Å². The van der Waals surface area contributed by atoms with Crippen LogP contribution in [0.25, 0.3) is 0 Å². The van der Waals surface area contributed by atoms with E-state index in [0.29, 0.717) is 5.54 Å². The summed E-state index contributed by atoms with van der Waals surface area (Å²) in [4.78, 5) is 0. The van der Waals surface area contributed by atoms with Crippen LogP contribution in [0.2, 0.25) is 0 Å². The minimum Gasteiger partial charge on any atom is -0.329 e. The number of nitrogens with one attached hydrogen (secondary N) is 1. The van der Waals surface area contributed by atoms with E-state index in [1.807, 2.05) is 0 Å². The summed E-state index contributed by atoms with van der Waals surface area (Å²) in [5.74, 6) is 0. The second-order valence-electron chi connectivity index (χ2n) is 3.26. The molecule has 0 heterocycles. The molecule has 2 heteroatoms. The monoisotopic (exact) mass is 142 g/mol. The van der Waals surface area contributed by atoms with Crippen molar-refractivity contribution in [2.45, 2.75) is 38.1 Å². The topological polar surface area (TPSA) is 38.0 Å². The van der Waals surface area contributed by atoms with Crippen molar-refractivity contribution >= 4 is 0 Å². The molecule has 0 unspecified atom stereocenters. The average Bonchev–Trinajstić information content (AvgIpc) is 1.87. The molecule has 0 aromatic carbocycles. The highest BCUT2D eigenvalue weighted by Crippen LogP contribution is 2.30. The van der Waals surface area contributed by atoms with Gasteiger partial charge in [0.05, 0.1) is 0 Å². The molecule has 1 aliphatic rings. The van der Waals surface area contributed by atoms with Gasteiger partial charge in [-0.05, 0) is 32.2 Å². The summed E-state index contributed by atoms with van der Waals surface area (Å²) in [6.45, 7) is 4.13. The summed E-state index contributed by atoms with van der Waals surface area (Å²) in [6, 6.07) is 0. The fraction of sp³-hybridized carbons (Fsp3) is 1.00. The molecular weight excluding hydrogens is 124 g/mol. The minimum atomic E-state index is 0.343. The Labute approximate surface area is 63.2 Å². The third-order valence-corrected chi connectivity index (χ3v) is 2.45. The molecule has 0 atom stereocenters. The maximum Gasteiger partial charge on any atom is 0.0304 e. The van der Waals surface area contributed by atoms with Gasteiger partial charge in [0.1, 0.15) is 0 Å². The summed E-state index contributed by atoms with van der Waals surface area (Å²) in [7, 11) is 0. The third-order valence-electron chi connectivity index (χ3n) is 2.45. The average molecular weight is 142 g/mol. The van der Waals surface area contributed by atoms with E-state index in [1.165, 1.54) is 25.7 Å². The Morgan fingerprint density at radius 3 is 2.50 bits per heavy atom. The van der Waals surface area contributed by atoms with Crippen molar-refractivity contribution < 1.29 is 0 Å². The Bertz CT molecular complexity index is 91.9. The third kappa shape index (κ3) is 1.50. The SMILES string of the molecule is CCCNC1(CN)CCC1. The molecule has 1 fully saturated rings. The number of hydrogen-bond acceptors (Lipinski definition) is 2. The van der Waals surface area contributed by atoms with Crippen LogP contribution in [0.1, 0.15) is 32.6 Å². The van der Waals surface area contributed by atoms with Gasteiger partial charge in [-0.15, -0.1) is 0 Å². The van der Waals surface area contributed by atoms with Gasteiger partial charge in [-0.2, -0.15) is 0 Å². The highest BCUT2D eigenvalue weighted by atomic mass is 15.0. The first-order valence-corrected chi connectivity index (χ1v) is 4.28. The quantitative estimate of drug-likeness (QED) is 0.611. The first kappa shape index (κ1) is 8.02. The highest BCUT2D eigenvalue weighted by molar-refractivity contribution is 4.96. The van der Waals surface area contributed by atoms with Crippen LogP contribution in [0, 0.1) is 0 Å². The molecule has 1 saturated carbocycles. The van der Waals surface area contributed by atoms with Crippen molar-refractivity contribution in [2.24, 2.45) is 5.73 Å². The molecule has 0 radical (unpaired) electrons. The molecule has 1 aliphatic carbocycles. The lowest BCUT2D eigenvalue weighted by atomic mass is 9.77. The van der Waals surface area contributed by atoms with Gasteiger partial charge in [-0.1, -0.05) is 6.92 Å². The van der Waals surface area contributed by atoms with Crippen molar-refractivity contribution in [3.05, 3.63) is 0 Å². The van der Waals surface area contributed by atoms with Gasteiger partial charge in [-0.3, -0.25) is 0 Å². The van der Waals surface area contributed by atoms with E-state index in [2.05, 4.69) is 12.2 Å². The summed E-state index contributed by atoms with van der Waals surface area (Å²) in [6.07, 6.45) is 5.13. The second kappa shape index (κ2) is 3.35. The molecule has 1 rings (SSSR count). The van der Waals surface area contributed by atoms with Crippen LogP contribution >= 0.6 is 0 Å². The Balaban J connectivity index is 2.20. The van der Waals surface area contributed by atoms with Crippen LogP contribution < -0.4 is 11.1 Å². The van der Waals surface area contributed by atoms with E-state index < -0.39 is 0 Å². The summed E-state index contributed by atoms with van der Waals surface area (Å²) < 4.78 is 0. The van der Waals surface area contributed by atoms with Crippen LogP contribution in [-0.2, 0) is 0 Å². The number of hydrogen-bond donors (Lipinski definition) is 2. The minimum absolute atomic E-state index is 0.343. The molecule has 2 nitrogen and oxygen atoms in total. The van der Waals surface area contributed by atoms with Crippen molar-refractivity contribution in [1.29, 1.82) is 0 Å². The standard InChI is InChI=1S/C8H18N2/c1-2-6-10-8(7-9)4-3-5-8/h10H,2-7,9H2,1H3. The molecule has 3 N–H and O–H groups in total. The first-order chi connectivity index (χ1) is 4.83. The molecule has 0 spiro atoms. The smallest absolute Gasteiger partial charge is 0.0304 e. The first-order valence-electron chi connectivity index (χ1n) is 4.28. The summed E-state index contributed by atoms with van der Waals surface area (Å²) >= 11 is 0. The van der Waals surface area contributed by atoms with E-state index in [-0.39, 0.29) is 0 Å². The number of nitrogens with two attached hydrogens (primary N) is 1. The van der Waals surface area contributed by atoms with E-state index in [1.54, 1.807) is 0 Å². The van der Waals surface area contributed by atoms with E-state index in [0.717, 1.165) is 13.1 Å². The van der Waals surface area contributed by atoms with Crippen LogP contribution in [-0.4, -0.2) is 18.6 Å². The zero-order valence-corrected chi connectivity index (χ0v) is 6.82. The van der Waals surface area contributed by atoms with Crippen LogP contribution in [0.3, 0.4) is 0 Å². The maximum atomic E-state index is 5.65. The van der Waals surface area contributed by atoms with Crippen molar-refractivity contribution in [3.63, 3.8) is 0 Å². The van der Waals surface area contributed by atoms with Gasteiger partial charge in [0.15, 0.2) is 0 Å². The second-order valence-corrected chi connectivity index (χ2v) is 3.26.